The fourth-order valence-electron chi connectivity index (χ4n) is 1.82. The first-order chi connectivity index (χ1) is 11.1. The fraction of sp³-hybridized carbons (Fsp3) is 0.312. The van der Waals surface area contributed by atoms with Crippen LogP contribution in [0.3, 0.4) is 0 Å². The standard InChI is InChI=1S/C16H18BrNO4S2/c1-16(2,3)22-15(19)18-10-12-7-8-14(23-12)24(20,21)13-6-4-5-11(17)9-13/h4-9H,10H2,1-3H3,(H,18,19). The molecular weight excluding hydrogens is 414 g/mol. The molecule has 24 heavy (non-hydrogen) atoms. The van der Waals surface area contributed by atoms with Crippen LogP contribution >= 0.6 is 27.3 Å². The molecule has 0 spiro atoms. The summed E-state index contributed by atoms with van der Waals surface area (Å²) in [6, 6.07) is 9.80. The van der Waals surface area contributed by atoms with Crippen LogP contribution in [0, 0.1) is 0 Å². The minimum absolute atomic E-state index is 0.216. The third kappa shape index (κ3) is 5.06. The zero-order valence-electron chi connectivity index (χ0n) is 13.5. The first kappa shape index (κ1) is 19.0. The summed E-state index contributed by atoms with van der Waals surface area (Å²) >= 11 is 4.40. The van der Waals surface area contributed by atoms with Gasteiger partial charge in [0.25, 0.3) is 0 Å². The molecule has 5 nitrogen and oxygen atoms in total. The molecule has 0 aliphatic heterocycles. The largest absolute Gasteiger partial charge is 0.444 e. The second kappa shape index (κ2) is 7.25. The number of carbonyl (C=O) groups is 1. The smallest absolute Gasteiger partial charge is 0.407 e. The Morgan fingerprint density at radius 1 is 1.25 bits per heavy atom. The normalized spacial score (nSPS) is 12.0. The van der Waals surface area contributed by atoms with E-state index >= 15 is 0 Å². The second-order valence-electron chi connectivity index (χ2n) is 6.04. The van der Waals surface area contributed by atoms with E-state index in [0.717, 1.165) is 16.2 Å². The predicted octanol–water partition coefficient (Wildman–Crippen LogP) is 4.37. The molecule has 1 amide bonds. The van der Waals surface area contributed by atoms with Crippen LogP contribution in [0.2, 0.25) is 0 Å². The Morgan fingerprint density at radius 2 is 1.96 bits per heavy atom. The number of alkyl carbamates (subject to hydrolysis) is 1. The van der Waals surface area contributed by atoms with Gasteiger partial charge in [-0.1, -0.05) is 22.0 Å². The molecule has 2 aromatic rings. The molecule has 1 aromatic carbocycles. The van der Waals surface area contributed by atoms with E-state index in [0.29, 0.717) is 4.47 Å². The number of ether oxygens (including phenoxy) is 1. The monoisotopic (exact) mass is 431 g/mol. The van der Waals surface area contributed by atoms with Gasteiger partial charge in [0.15, 0.2) is 0 Å². The number of carbonyl (C=O) groups excluding carboxylic acids is 1. The Morgan fingerprint density at radius 3 is 2.58 bits per heavy atom. The van der Waals surface area contributed by atoms with Crippen LogP contribution in [-0.2, 0) is 21.1 Å². The highest BCUT2D eigenvalue weighted by molar-refractivity contribution is 9.10. The number of halogens is 1. The fourth-order valence-corrected chi connectivity index (χ4v) is 5.12. The number of benzene rings is 1. The van der Waals surface area contributed by atoms with Crippen LogP contribution in [0.15, 0.2) is 50.0 Å². The van der Waals surface area contributed by atoms with Crippen LogP contribution in [0.4, 0.5) is 4.79 Å². The Kier molecular flexibility index (Phi) is 5.72. The summed E-state index contributed by atoms with van der Waals surface area (Å²) in [6.07, 6.45) is -0.535. The van der Waals surface area contributed by atoms with Crippen LogP contribution in [-0.4, -0.2) is 20.1 Å². The minimum Gasteiger partial charge on any atom is -0.444 e. The molecule has 2 rings (SSSR count). The van der Waals surface area contributed by atoms with Gasteiger partial charge in [0.2, 0.25) is 9.84 Å². The number of hydrogen-bond acceptors (Lipinski definition) is 5. The van der Waals surface area contributed by atoms with Crippen LogP contribution < -0.4 is 5.32 Å². The van der Waals surface area contributed by atoms with E-state index in [2.05, 4.69) is 21.2 Å². The maximum atomic E-state index is 12.6. The molecule has 1 N–H and O–H groups in total. The van der Waals surface area contributed by atoms with Gasteiger partial charge >= 0.3 is 6.09 Å². The molecule has 0 bridgehead atoms. The Bertz CT molecular complexity index is 838. The molecule has 1 aromatic heterocycles. The highest BCUT2D eigenvalue weighted by atomic mass is 79.9. The van der Waals surface area contributed by atoms with Crippen molar-refractivity contribution in [1.82, 2.24) is 5.32 Å². The molecule has 0 saturated carbocycles. The number of sulfone groups is 1. The highest BCUT2D eigenvalue weighted by Crippen LogP contribution is 2.29. The third-order valence-corrected chi connectivity index (χ3v) is 6.64. The van der Waals surface area contributed by atoms with Gasteiger partial charge in [-0.25, -0.2) is 13.2 Å². The van der Waals surface area contributed by atoms with Gasteiger partial charge < -0.3 is 10.1 Å². The van der Waals surface area contributed by atoms with E-state index in [9.17, 15) is 13.2 Å². The topological polar surface area (TPSA) is 72.5 Å². The summed E-state index contributed by atoms with van der Waals surface area (Å²) < 4.78 is 31.3. The van der Waals surface area contributed by atoms with E-state index in [1.54, 1.807) is 57.2 Å². The Balaban J connectivity index is 2.09. The van der Waals surface area contributed by atoms with Crippen molar-refractivity contribution in [3.8, 4) is 0 Å². The van der Waals surface area contributed by atoms with Crippen LogP contribution in [0.5, 0.6) is 0 Å². The van der Waals surface area contributed by atoms with E-state index in [-0.39, 0.29) is 15.6 Å². The maximum Gasteiger partial charge on any atom is 0.407 e. The van der Waals surface area contributed by atoms with Crippen molar-refractivity contribution < 1.29 is 17.9 Å². The number of rotatable bonds is 4. The predicted molar refractivity (Wildman–Crippen MR) is 97.0 cm³/mol. The van der Waals surface area contributed by atoms with Crippen molar-refractivity contribution in [3.63, 3.8) is 0 Å². The van der Waals surface area contributed by atoms with E-state index in [1.807, 2.05) is 0 Å². The molecule has 0 aliphatic rings. The average Bonchev–Trinajstić information content (AvgIpc) is 2.93. The van der Waals surface area contributed by atoms with E-state index in [1.165, 1.54) is 0 Å². The molecular formula is C16H18BrNO4S2. The summed E-state index contributed by atoms with van der Waals surface area (Å²) in [4.78, 5) is 12.6. The summed E-state index contributed by atoms with van der Waals surface area (Å²) in [5, 5.41) is 2.62. The molecule has 0 saturated heterocycles. The zero-order valence-corrected chi connectivity index (χ0v) is 16.7. The van der Waals surface area contributed by atoms with Gasteiger partial charge in [-0.05, 0) is 51.1 Å². The quantitative estimate of drug-likeness (QED) is 0.779. The van der Waals surface area contributed by atoms with Crippen molar-refractivity contribution >= 4 is 43.2 Å². The Hall–Kier alpha value is -1.38. The molecule has 0 aliphatic carbocycles. The van der Waals surface area contributed by atoms with Gasteiger partial charge in [-0.2, -0.15) is 0 Å². The average molecular weight is 432 g/mol. The second-order valence-corrected chi connectivity index (χ2v) is 10.3. The third-order valence-electron chi connectivity index (χ3n) is 2.81. The zero-order chi connectivity index (χ0) is 18.0. The van der Waals surface area contributed by atoms with Gasteiger partial charge in [-0.3, -0.25) is 0 Å². The lowest BCUT2D eigenvalue weighted by atomic mass is 10.2. The van der Waals surface area contributed by atoms with Gasteiger partial charge in [-0.15, -0.1) is 11.3 Å². The first-order valence-electron chi connectivity index (χ1n) is 7.14. The lowest BCUT2D eigenvalue weighted by molar-refractivity contribution is 0.0524. The number of thiophene rings is 1. The SMILES string of the molecule is CC(C)(C)OC(=O)NCc1ccc(S(=O)(=O)c2cccc(Br)c2)s1. The van der Waals surface area contributed by atoms with Crippen molar-refractivity contribution in [3.05, 3.63) is 45.7 Å². The minimum atomic E-state index is -3.56. The number of nitrogens with one attached hydrogen (secondary N) is 1. The summed E-state index contributed by atoms with van der Waals surface area (Å²) in [7, 11) is -3.56. The summed E-state index contributed by atoms with van der Waals surface area (Å²) in [5.41, 5.74) is -0.575. The molecule has 0 unspecified atom stereocenters. The van der Waals surface area contributed by atoms with Gasteiger partial charge in [0.1, 0.15) is 9.81 Å². The number of hydrogen-bond donors (Lipinski definition) is 1. The van der Waals surface area contributed by atoms with Crippen LogP contribution in [0.1, 0.15) is 25.6 Å². The van der Waals surface area contributed by atoms with Crippen molar-refractivity contribution in [2.75, 3.05) is 0 Å². The van der Waals surface area contributed by atoms with E-state index in [4.69, 9.17) is 4.74 Å². The number of amides is 1. The summed E-state index contributed by atoms with van der Waals surface area (Å²) in [6.45, 7) is 5.55. The van der Waals surface area contributed by atoms with Gasteiger partial charge in [0, 0.05) is 9.35 Å². The van der Waals surface area contributed by atoms with Gasteiger partial charge in [0.05, 0.1) is 11.4 Å². The lowest BCUT2D eigenvalue weighted by Gasteiger charge is -2.19. The molecule has 0 fully saturated rings. The molecule has 0 atom stereocenters. The van der Waals surface area contributed by atoms with Crippen molar-refractivity contribution in [1.29, 1.82) is 0 Å². The molecule has 130 valence electrons. The first-order valence-corrected chi connectivity index (χ1v) is 10.2. The summed E-state index contributed by atoms with van der Waals surface area (Å²) in [5.74, 6) is 0. The van der Waals surface area contributed by atoms with Crippen molar-refractivity contribution in [2.45, 2.75) is 42.0 Å². The molecule has 1 heterocycles. The Labute approximate surface area is 154 Å². The highest BCUT2D eigenvalue weighted by Gasteiger charge is 2.21. The van der Waals surface area contributed by atoms with Crippen LogP contribution in [0.25, 0.3) is 0 Å². The lowest BCUT2D eigenvalue weighted by Crippen LogP contribution is -2.31. The maximum absolute atomic E-state index is 12.6. The van der Waals surface area contributed by atoms with Crippen molar-refractivity contribution in [2.24, 2.45) is 0 Å². The van der Waals surface area contributed by atoms with E-state index < -0.39 is 21.5 Å². The molecule has 0 radical (unpaired) electrons. The molecule has 8 heteroatoms.